The third kappa shape index (κ3) is 4.60. The van der Waals surface area contributed by atoms with Gasteiger partial charge in [-0.2, -0.15) is 0 Å². The fraction of sp³-hybridized carbons (Fsp3) is 0.500. The number of nitrogens with one attached hydrogen (secondary N) is 2. The van der Waals surface area contributed by atoms with Crippen molar-refractivity contribution in [3.8, 4) is 0 Å². The largest absolute Gasteiger partial charge is 0.325 e. The van der Waals surface area contributed by atoms with Crippen LogP contribution in [0.3, 0.4) is 0 Å². The lowest BCUT2D eigenvalue weighted by Gasteiger charge is -2.22. The molecule has 4 amide bonds. The third-order valence-electron chi connectivity index (χ3n) is 4.33. The predicted octanol–water partition coefficient (Wildman–Crippen LogP) is 3.44. The first kappa shape index (κ1) is 19.4. The molecule has 1 saturated heterocycles. The summed E-state index contributed by atoms with van der Waals surface area (Å²) in [5.74, 6) is -0.317. The van der Waals surface area contributed by atoms with Gasteiger partial charge in [0.2, 0.25) is 5.91 Å². The highest BCUT2D eigenvalue weighted by atomic mass is 79.9. The fourth-order valence-electron chi connectivity index (χ4n) is 2.74. The molecule has 6 nitrogen and oxygen atoms in total. The van der Waals surface area contributed by atoms with Gasteiger partial charge in [-0.25, -0.2) is 4.79 Å². The summed E-state index contributed by atoms with van der Waals surface area (Å²) in [4.78, 5) is 38.0. The molecule has 1 aromatic rings. The van der Waals surface area contributed by atoms with E-state index in [1.54, 1.807) is 13.0 Å². The number of aryl methyl sites for hydroxylation is 1. The van der Waals surface area contributed by atoms with Crippen molar-refractivity contribution in [2.24, 2.45) is 5.92 Å². The summed E-state index contributed by atoms with van der Waals surface area (Å²) in [7, 11) is 0. The molecule has 1 atom stereocenters. The van der Waals surface area contributed by atoms with E-state index in [-0.39, 0.29) is 12.5 Å². The van der Waals surface area contributed by atoms with Crippen LogP contribution < -0.4 is 10.6 Å². The van der Waals surface area contributed by atoms with Crippen molar-refractivity contribution in [1.29, 1.82) is 0 Å². The number of amides is 4. The summed E-state index contributed by atoms with van der Waals surface area (Å²) in [6.07, 6.45) is 1.37. The second-order valence-electron chi connectivity index (χ2n) is 7.09. The fourth-order valence-corrected chi connectivity index (χ4v) is 3.21. The summed E-state index contributed by atoms with van der Waals surface area (Å²) < 4.78 is 0.915. The van der Waals surface area contributed by atoms with E-state index in [1.165, 1.54) is 0 Å². The topological polar surface area (TPSA) is 78.5 Å². The zero-order chi connectivity index (χ0) is 18.8. The molecule has 136 valence electrons. The van der Waals surface area contributed by atoms with Crippen LogP contribution >= 0.6 is 15.9 Å². The smallest absolute Gasteiger partial charge is 0.324 e. The monoisotopic (exact) mass is 409 g/mol. The Labute approximate surface area is 156 Å². The van der Waals surface area contributed by atoms with Crippen molar-refractivity contribution < 1.29 is 14.4 Å². The minimum atomic E-state index is -0.935. The number of hydrogen-bond donors (Lipinski definition) is 2. The van der Waals surface area contributed by atoms with Gasteiger partial charge in [0.05, 0.1) is 0 Å². The Bertz CT molecular complexity index is 705. The van der Waals surface area contributed by atoms with Crippen molar-refractivity contribution in [3.63, 3.8) is 0 Å². The second kappa shape index (κ2) is 7.56. The van der Waals surface area contributed by atoms with Gasteiger partial charge in [-0.3, -0.25) is 14.5 Å². The number of rotatable bonds is 6. The summed E-state index contributed by atoms with van der Waals surface area (Å²) in [5.41, 5.74) is 0.610. The van der Waals surface area contributed by atoms with E-state index < -0.39 is 17.5 Å². The molecule has 1 fully saturated rings. The molecule has 0 aliphatic carbocycles. The van der Waals surface area contributed by atoms with Crippen LogP contribution in [0.25, 0.3) is 0 Å². The van der Waals surface area contributed by atoms with Crippen LogP contribution in [0, 0.1) is 12.8 Å². The molecule has 25 heavy (non-hydrogen) atoms. The summed E-state index contributed by atoms with van der Waals surface area (Å²) in [5, 5.41) is 5.47. The Kier molecular flexibility index (Phi) is 5.87. The normalized spacial score (nSPS) is 20.2. The van der Waals surface area contributed by atoms with Gasteiger partial charge in [0.1, 0.15) is 12.1 Å². The standard InChI is InChI=1S/C18H24BrN3O3/c1-11(2)7-8-18(4)16(24)22(17(25)21-18)10-15(23)20-14-6-5-13(19)9-12(14)3/h5-6,9,11H,7-8,10H2,1-4H3,(H,20,23)(H,21,25). The van der Waals surface area contributed by atoms with Crippen molar-refractivity contribution in [3.05, 3.63) is 28.2 Å². The number of nitrogens with zero attached hydrogens (tertiary/aromatic N) is 1. The van der Waals surface area contributed by atoms with Crippen LogP contribution in [0.15, 0.2) is 22.7 Å². The maximum Gasteiger partial charge on any atom is 0.325 e. The van der Waals surface area contributed by atoms with E-state index >= 15 is 0 Å². The molecule has 1 aliphatic heterocycles. The molecule has 1 unspecified atom stereocenters. The molecule has 1 aliphatic rings. The lowest BCUT2D eigenvalue weighted by molar-refractivity contribution is -0.133. The van der Waals surface area contributed by atoms with E-state index in [2.05, 4.69) is 40.4 Å². The SMILES string of the molecule is Cc1cc(Br)ccc1NC(=O)CN1C(=O)NC(C)(CCC(C)C)C1=O. The first-order valence-corrected chi connectivity index (χ1v) is 9.12. The maximum absolute atomic E-state index is 12.6. The Hall–Kier alpha value is -1.89. The molecule has 2 rings (SSSR count). The first-order chi connectivity index (χ1) is 11.6. The van der Waals surface area contributed by atoms with Gasteiger partial charge >= 0.3 is 6.03 Å². The molecule has 0 spiro atoms. The lowest BCUT2D eigenvalue weighted by atomic mass is 9.92. The molecule has 1 aromatic carbocycles. The van der Waals surface area contributed by atoms with E-state index in [1.807, 2.05) is 19.1 Å². The summed E-state index contributed by atoms with van der Waals surface area (Å²) >= 11 is 3.37. The molecular weight excluding hydrogens is 386 g/mol. The Morgan fingerprint density at radius 2 is 2.04 bits per heavy atom. The van der Waals surface area contributed by atoms with Crippen LogP contribution in [0.1, 0.15) is 39.2 Å². The van der Waals surface area contributed by atoms with E-state index in [0.717, 1.165) is 21.4 Å². The maximum atomic E-state index is 12.6. The second-order valence-corrected chi connectivity index (χ2v) is 8.01. The van der Waals surface area contributed by atoms with Crippen molar-refractivity contribution in [1.82, 2.24) is 10.2 Å². The van der Waals surface area contributed by atoms with Crippen molar-refractivity contribution >= 4 is 39.5 Å². The number of hydrogen-bond acceptors (Lipinski definition) is 3. The van der Waals surface area contributed by atoms with Crippen LogP contribution in [-0.4, -0.2) is 34.8 Å². The zero-order valence-corrected chi connectivity index (χ0v) is 16.6. The predicted molar refractivity (Wildman–Crippen MR) is 100 cm³/mol. The Morgan fingerprint density at radius 1 is 1.36 bits per heavy atom. The highest BCUT2D eigenvalue weighted by Gasteiger charge is 2.47. The highest BCUT2D eigenvalue weighted by Crippen LogP contribution is 2.25. The minimum absolute atomic E-state index is 0.294. The molecule has 7 heteroatoms. The molecular formula is C18H24BrN3O3. The lowest BCUT2D eigenvalue weighted by Crippen LogP contribution is -2.44. The Balaban J connectivity index is 2.03. The van der Waals surface area contributed by atoms with E-state index in [4.69, 9.17) is 0 Å². The van der Waals surface area contributed by atoms with Crippen LogP contribution in [-0.2, 0) is 9.59 Å². The molecule has 1 heterocycles. The number of carbonyl (C=O) groups excluding carboxylic acids is 3. The summed E-state index contributed by atoms with van der Waals surface area (Å²) in [6.45, 7) is 7.42. The Morgan fingerprint density at radius 3 is 2.64 bits per heavy atom. The summed E-state index contributed by atoms with van der Waals surface area (Å²) in [6, 6.07) is 4.96. The third-order valence-corrected chi connectivity index (χ3v) is 4.82. The van der Waals surface area contributed by atoms with E-state index in [9.17, 15) is 14.4 Å². The number of carbonyl (C=O) groups is 3. The van der Waals surface area contributed by atoms with Crippen LogP contribution in [0.5, 0.6) is 0 Å². The number of urea groups is 1. The number of anilines is 1. The average Bonchev–Trinajstić information content (AvgIpc) is 2.72. The van der Waals surface area contributed by atoms with Gasteiger partial charge in [-0.1, -0.05) is 29.8 Å². The van der Waals surface area contributed by atoms with Gasteiger partial charge in [0.25, 0.3) is 5.91 Å². The first-order valence-electron chi connectivity index (χ1n) is 8.32. The van der Waals surface area contributed by atoms with Crippen molar-refractivity contribution in [2.75, 3.05) is 11.9 Å². The highest BCUT2D eigenvalue weighted by molar-refractivity contribution is 9.10. The zero-order valence-electron chi connectivity index (χ0n) is 15.0. The quantitative estimate of drug-likeness (QED) is 0.706. The van der Waals surface area contributed by atoms with E-state index in [0.29, 0.717) is 18.0 Å². The number of benzene rings is 1. The molecule has 0 saturated carbocycles. The van der Waals surface area contributed by atoms with Gasteiger partial charge in [-0.05, 0) is 56.4 Å². The van der Waals surface area contributed by atoms with Gasteiger partial charge in [0.15, 0.2) is 0 Å². The number of halogens is 1. The minimum Gasteiger partial charge on any atom is -0.324 e. The average molecular weight is 410 g/mol. The molecule has 0 aromatic heterocycles. The van der Waals surface area contributed by atoms with Crippen molar-refractivity contribution in [2.45, 2.75) is 46.1 Å². The van der Waals surface area contributed by atoms with Gasteiger partial charge < -0.3 is 10.6 Å². The number of imide groups is 1. The van der Waals surface area contributed by atoms with Crippen LogP contribution in [0.4, 0.5) is 10.5 Å². The molecule has 0 bridgehead atoms. The van der Waals surface area contributed by atoms with Gasteiger partial charge in [0, 0.05) is 10.2 Å². The van der Waals surface area contributed by atoms with Gasteiger partial charge in [-0.15, -0.1) is 0 Å². The van der Waals surface area contributed by atoms with Crippen LogP contribution in [0.2, 0.25) is 0 Å². The molecule has 0 radical (unpaired) electrons. The molecule has 2 N–H and O–H groups in total.